The van der Waals surface area contributed by atoms with E-state index < -0.39 is 0 Å². The van der Waals surface area contributed by atoms with Gasteiger partial charge in [-0.15, -0.1) is 0 Å². The molecule has 2 unspecified atom stereocenters. The van der Waals surface area contributed by atoms with Crippen molar-refractivity contribution in [2.75, 3.05) is 39.2 Å². The van der Waals surface area contributed by atoms with Gasteiger partial charge in [0.2, 0.25) is 5.91 Å². The van der Waals surface area contributed by atoms with Gasteiger partial charge in [-0.25, -0.2) is 0 Å². The van der Waals surface area contributed by atoms with Gasteiger partial charge in [-0.1, -0.05) is 69.2 Å². The number of rotatable bonds is 16. The van der Waals surface area contributed by atoms with Gasteiger partial charge in [0.15, 0.2) is 0 Å². The fraction of sp³-hybridized carbons (Fsp3) is 0.926. The minimum absolute atomic E-state index is 0.0841. The lowest BCUT2D eigenvalue weighted by atomic mass is 9.94. The molecule has 5 nitrogen and oxygen atoms in total. The monoisotopic (exact) mass is 491 g/mol. The summed E-state index contributed by atoms with van der Waals surface area (Å²) in [5.41, 5.74) is -0.147. The predicted octanol–water partition coefficient (Wildman–Crippen LogP) is 6.87. The molecule has 0 aliphatic heterocycles. The van der Waals surface area contributed by atoms with Gasteiger partial charge < -0.3 is 19.2 Å². The van der Waals surface area contributed by atoms with Crippen molar-refractivity contribution in [1.82, 2.24) is 4.90 Å². The van der Waals surface area contributed by atoms with Gasteiger partial charge in [-0.2, -0.15) is 11.8 Å². The molecule has 0 heterocycles. The highest BCUT2D eigenvalue weighted by atomic mass is 32.2. The maximum Gasteiger partial charge on any atom is 0.224 e. The van der Waals surface area contributed by atoms with Crippen LogP contribution in [0, 0.1) is 11.3 Å². The molecule has 0 saturated heterocycles. The molecule has 0 saturated carbocycles. The quantitative estimate of drug-likeness (QED) is 0.236. The van der Waals surface area contributed by atoms with E-state index in [0.717, 1.165) is 12.2 Å². The van der Waals surface area contributed by atoms with E-state index in [0.29, 0.717) is 39.2 Å². The van der Waals surface area contributed by atoms with Crippen LogP contribution in [0.2, 0.25) is 0 Å². The summed E-state index contributed by atoms with van der Waals surface area (Å²) in [7, 11) is 1.84. The first-order chi connectivity index (χ1) is 15.3. The van der Waals surface area contributed by atoms with E-state index in [1.54, 1.807) is 11.8 Å². The molecule has 0 aromatic rings. The van der Waals surface area contributed by atoms with Crippen LogP contribution in [0.25, 0.3) is 0 Å². The number of ketones is 1. The highest BCUT2D eigenvalue weighted by Crippen LogP contribution is 2.27. The van der Waals surface area contributed by atoms with Crippen molar-refractivity contribution in [1.29, 1.82) is 0 Å². The Kier molecular flexibility index (Phi) is 23.3. The molecule has 2 atom stereocenters. The smallest absolute Gasteiger partial charge is 0.224 e. The van der Waals surface area contributed by atoms with Crippen LogP contribution in [0.5, 0.6) is 0 Å². The van der Waals surface area contributed by atoms with E-state index in [4.69, 9.17) is 9.47 Å². The zero-order valence-electron chi connectivity index (χ0n) is 24.3. The number of hydrogen-bond donors (Lipinski definition) is 0. The number of carbonyl (C=O) groups excluding carboxylic acids is 2. The third kappa shape index (κ3) is 22.9. The molecule has 33 heavy (non-hydrogen) atoms. The second kappa shape index (κ2) is 20.8. The summed E-state index contributed by atoms with van der Waals surface area (Å²) in [5.74, 6) is 1.61. The Morgan fingerprint density at radius 1 is 1.00 bits per heavy atom. The van der Waals surface area contributed by atoms with E-state index in [1.807, 2.05) is 60.4 Å². The molecular weight excluding hydrogens is 434 g/mol. The van der Waals surface area contributed by atoms with Gasteiger partial charge in [0.05, 0.1) is 19.1 Å². The average molecular weight is 492 g/mol. The van der Waals surface area contributed by atoms with Crippen molar-refractivity contribution in [3.63, 3.8) is 0 Å². The van der Waals surface area contributed by atoms with Crippen LogP contribution >= 0.6 is 11.8 Å². The molecule has 0 fully saturated rings. The molecule has 6 heteroatoms. The summed E-state index contributed by atoms with van der Waals surface area (Å²) in [6.07, 6.45) is 1.83. The first-order valence-electron chi connectivity index (χ1n) is 12.8. The molecule has 1 amide bonds. The van der Waals surface area contributed by atoms with Gasteiger partial charge in [-0.3, -0.25) is 4.79 Å². The number of thioether (sulfide) groups is 1. The fourth-order valence-corrected chi connectivity index (χ4v) is 4.30. The maximum atomic E-state index is 12.6. The number of nitrogens with zero attached hydrogens (tertiary/aromatic N) is 1. The van der Waals surface area contributed by atoms with E-state index >= 15 is 0 Å². The third-order valence-electron chi connectivity index (χ3n) is 4.73. The predicted molar refractivity (Wildman–Crippen MR) is 146 cm³/mol. The van der Waals surface area contributed by atoms with E-state index in [1.165, 1.54) is 0 Å². The first kappa shape index (κ1) is 37.0. The van der Waals surface area contributed by atoms with Gasteiger partial charge >= 0.3 is 0 Å². The topological polar surface area (TPSA) is 55.8 Å². The minimum Gasteiger partial charge on any atom is -0.381 e. The molecule has 0 N–H and O–H groups in total. The summed E-state index contributed by atoms with van der Waals surface area (Å²) in [6, 6.07) is 0. The summed E-state index contributed by atoms with van der Waals surface area (Å²) in [6.45, 7) is 26.9. The van der Waals surface area contributed by atoms with Crippen molar-refractivity contribution < 1.29 is 19.1 Å². The maximum absolute atomic E-state index is 12.6. The summed E-state index contributed by atoms with van der Waals surface area (Å²) < 4.78 is 11.9. The molecule has 0 aromatic heterocycles. The molecule has 0 spiro atoms. The van der Waals surface area contributed by atoms with Crippen molar-refractivity contribution >= 4 is 23.5 Å². The van der Waals surface area contributed by atoms with E-state index in [2.05, 4.69) is 34.6 Å². The Bertz CT molecular complexity index is 495. The van der Waals surface area contributed by atoms with Crippen molar-refractivity contribution in [3.8, 4) is 0 Å². The van der Waals surface area contributed by atoms with Gasteiger partial charge in [0.1, 0.15) is 5.78 Å². The Morgan fingerprint density at radius 2 is 1.55 bits per heavy atom. The Labute approximate surface area is 211 Å². The highest BCUT2D eigenvalue weighted by molar-refractivity contribution is 8.00. The van der Waals surface area contributed by atoms with Crippen molar-refractivity contribution in [2.45, 2.75) is 113 Å². The molecule has 200 valence electrons. The lowest BCUT2D eigenvalue weighted by Crippen LogP contribution is -2.39. The summed E-state index contributed by atoms with van der Waals surface area (Å²) in [5, 5.41) is 0. The van der Waals surface area contributed by atoms with Gasteiger partial charge in [-0.05, 0) is 31.9 Å². The number of Topliss-reactive ketones (excluding diaryl/α,β-unsaturated/α-hetero) is 1. The SMILES string of the molecule is CC.CC.CCSC(C)(C)CCOC(C)CC(=O)N(C)CC(C)(C)COCC(C)CC(C)=O. The second-order valence-corrected chi connectivity index (χ2v) is 11.7. The highest BCUT2D eigenvalue weighted by Gasteiger charge is 2.25. The van der Waals surface area contributed by atoms with E-state index in [9.17, 15) is 9.59 Å². The molecule has 0 radical (unpaired) electrons. The summed E-state index contributed by atoms with van der Waals surface area (Å²) in [4.78, 5) is 25.5. The van der Waals surface area contributed by atoms with Crippen LogP contribution in [-0.4, -0.2) is 66.6 Å². The molecule has 0 aliphatic rings. The number of ether oxygens (including phenoxy) is 2. The number of amides is 1. The van der Waals surface area contributed by atoms with Crippen LogP contribution in [0.4, 0.5) is 0 Å². The molecule has 0 rings (SSSR count). The van der Waals surface area contributed by atoms with Crippen LogP contribution < -0.4 is 0 Å². The third-order valence-corrected chi connectivity index (χ3v) is 6.00. The standard InChI is InChI=1S/C23H45NO4S.2C2H6/c1-10-29-23(7,8)11-12-28-20(4)14-21(26)24(9)16-22(5,6)17-27-15-18(2)13-19(3)25;2*1-2/h18,20H,10-17H2,1-9H3;2*1-2H3. The van der Waals surface area contributed by atoms with Crippen LogP contribution in [0.3, 0.4) is 0 Å². The van der Waals surface area contributed by atoms with Crippen LogP contribution in [0.15, 0.2) is 0 Å². The second-order valence-electron chi connectivity index (χ2n) is 9.77. The Balaban J connectivity index is -0.00000212. The first-order valence-corrected chi connectivity index (χ1v) is 13.8. The fourth-order valence-electron chi connectivity index (χ4n) is 3.29. The lowest BCUT2D eigenvalue weighted by molar-refractivity contribution is -0.134. The Hall–Kier alpha value is -0.590. The Morgan fingerprint density at radius 3 is 2.03 bits per heavy atom. The zero-order valence-corrected chi connectivity index (χ0v) is 25.1. The van der Waals surface area contributed by atoms with Crippen molar-refractivity contribution in [3.05, 3.63) is 0 Å². The zero-order chi connectivity index (χ0) is 26.7. The largest absolute Gasteiger partial charge is 0.381 e. The van der Waals surface area contributed by atoms with Crippen LogP contribution in [-0.2, 0) is 19.1 Å². The normalized spacial score (nSPS) is 13.1. The lowest BCUT2D eigenvalue weighted by Gasteiger charge is -2.31. The molecule has 0 bridgehead atoms. The van der Waals surface area contributed by atoms with Gasteiger partial charge in [0.25, 0.3) is 0 Å². The average Bonchev–Trinajstić information content (AvgIpc) is 2.69. The van der Waals surface area contributed by atoms with Crippen molar-refractivity contribution in [2.24, 2.45) is 11.3 Å². The molecular formula is C27H57NO4S. The molecule has 0 aromatic carbocycles. The summed E-state index contributed by atoms with van der Waals surface area (Å²) >= 11 is 1.94. The molecule has 0 aliphatic carbocycles. The van der Waals surface area contributed by atoms with Gasteiger partial charge in [0, 0.05) is 43.4 Å². The van der Waals surface area contributed by atoms with E-state index in [-0.39, 0.29) is 33.9 Å². The minimum atomic E-state index is -0.147. The van der Waals surface area contributed by atoms with Crippen LogP contribution in [0.1, 0.15) is 102 Å². The number of carbonyl (C=O) groups is 2. The number of hydrogen-bond acceptors (Lipinski definition) is 5.